The fourth-order valence-corrected chi connectivity index (χ4v) is 2.25. The van der Waals surface area contributed by atoms with Crippen molar-refractivity contribution in [3.8, 4) is 0 Å². The standard InChI is InChI=1S/C12H20O3/c1-4-5-6-10-7-15-11(14)12(10,8-13)9(2)3/h10,13H,2,4-8H2,1,3H3/t10-,12-/m1/s1. The summed E-state index contributed by atoms with van der Waals surface area (Å²) in [5.41, 5.74) is -0.122. The van der Waals surface area contributed by atoms with Crippen LogP contribution in [-0.4, -0.2) is 24.3 Å². The Labute approximate surface area is 91.1 Å². The third-order valence-corrected chi connectivity index (χ3v) is 3.39. The van der Waals surface area contributed by atoms with Crippen LogP contribution in [0, 0.1) is 11.3 Å². The summed E-state index contributed by atoms with van der Waals surface area (Å²) in [6.07, 6.45) is 3.05. The molecule has 0 aromatic heterocycles. The third kappa shape index (κ3) is 1.93. The predicted octanol–water partition coefficient (Wildman–Crippen LogP) is 1.90. The first kappa shape index (κ1) is 12.2. The molecule has 0 unspecified atom stereocenters. The molecular formula is C12H20O3. The molecule has 1 aliphatic rings. The minimum Gasteiger partial charge on any atom is -0.465 e. The quantitative estimate of drug-likeness (QED) is 0.559. The van der Waals surface area contributed by atoms with Gasteiger partial charge in [0.15, 0.2) is 0 Å². The minimum atomic E-state index is -0.838. The summed E-state index contributed by atoms with van der Waals surface area (Å²) in [7, 11) is 0. The van der Waals surface area contributed by atoms with Crippen molar-refractivity contribution in [3.05, 3.63) is 12.2 Å². The SMILES string of the molecule is C=C(C)[C@@]1(CO)C(=O)OC[C@H]1CCCC. The molecule has 0 aromatic carbocycles. The maximum atomic E-state index is 11.7. The number of rotatable bonds is 5. The number of aliphatic hydroxyl groups excluding tert-OH is 1. The molecule has 1 N–H and O–H groups in total. The molecule has 0 aliphatic carbocycles. The maximum absolute atomic E-state index is 11.7. The number of esters is 1. The van der Waals surface area contributed by atoms with Crippen molar-refractivity contribution in [1.82, 2.24) is 0 Å². The summed E-state index contributed by atoms with van der Waals surface area (Å²) in [5.74, 6) is -0.217. The highest BCUT2D eigenvalue weighted by Crippen LogP contribution is 2.43. The van der Waals surface area contributed by atoms with Crippen LogP contribution in [0.1, 0.15) is 33.1 Å². The summed E-state index contributed by atoms with van der Waals surface area (Å²) in [6, 6.07) is 0. The van der Waals surface area contributed by atoms with E-state index in [1.54, 1.807) is 6.92 Å². The normalized spacial score (nSPS) is 30.3. The lowest BCUT2D eigenvalue weighted by Crippen LogP contribution is -2.38. The molecule has 3 nitrogen and oxygen atoms in total. The number of aliphatic hydroxyl groups is 1. The van der Waals surface area contributed by atoms with Crippen LogP contribution in [0.5, 0.6) is 0 Å². The topological polar surface area (TPSA) is 46.5 Å². The van der Waals surface area contributed by atoms with Gasteiger partial charge in [0, 0.05) is 5.92 Å². The van der Waals surface area contributed by atoms with Crippen molar-refractivity contribution in [3.63, 3.8) is 0 Å². The lowest BCUT2D eigenvalue weighted by atomic mass is 9.71. The molecule has 1 heterocycles. The predicted molar refractivity (Wildman–Crippen MR) is 58.3 cm³/mol. The van der Waals surface area contributed by atoms with E-state index in [0.29, 0.717) is 12.2 Å². The van der Waals surface area contributed by atoms with Crippen LogP contribution >= 0.6 is 0 Å². The van der Waals surface area contributed by atoms with Crippen LogP contribution in [0.2, 0.25) is 0 Å². The van der Waals surface area contributed by atoms with Crippen molar-refractivity contribution in [1.29, 1.82) is 0 Å². The van der Waals surface area contributed by atoms with E-state index in [1.807, 2.05) is 0 Å². The van der Waals surface area contributed by atoms with Gasteiger partial charge in [-0.05, 0) is 13.3 Å². The van der Waals surface area contributed by atoms with Crippen LogP contribution in [0.4, 0.5) is 0 Å². The van der Waals surface area contributed by atoms with E-state index in [9.17, 15) is 9.90 Å². The lowest BCUT2D eigenvalue weighted by molar-refractivity contribution is -0.146. The Kier molecular flexibility index (Phi) is 3.91. The van der Waals surface area contributed by atoms with Gasteiger partial charge in [0.05, 0.1) is 13.2 Å². The zero-order valence-electron chi connectivity index (χ0n) is 9.58. The molecule has 1 aliphatic heterocycles. The molecule has 2 atom stereocenters. The number of carbonyl (C=O) groups excluding carboxylic acids is 1. The average molecular weight is 212 g/mol. The number of ether oxygens (including phenoxy) is 1. The molecule has 0 amide bonds. The van der Waals surface area contributed by atoms with Gasteiger partial charge >= 0.3 is 5.97 Å². The van der Waals surface area contributed by atoms with E-state index in [1.165, 1.54) is 0 Å². The molecule has 86 valence electrons. The average Bonchev–Trinajstić information content (AvgIpc) is 2.53. The summed E-state index contributed by atoms with van der Waals surface area (Å²) in [5, 5.41) is 9.47. The maximum Gasteiger partial charge on any atom is 0.318 e. The number of unbranched alkanes of at least 4 members (excludes halogenated alkanes) is 1. The Bertz CT molecular complexity index is 260. The zero-order chi connectivity index (χ0) is 11.5. The molecule has 0 radical (unpaired) electrons. The lowest BCUT2D eigenvalue weighted by Gasteiger charge is -2.29. The molecule has 1 rings (SSSR count). The van der Waals surface area contributed by atoms with Gasteiger partial charge in [-0.2, -0.15) is 0 Å². The second-order valence-corrected chi connectivity index (χ2v) is 4.35. The van der Waals surface area contributed by atoms with E-state index >= 15 is 0 Å². The number of hydrogen-bond donors (Lipinski definition) is 1. The van der Waals surface area contributed by atoms with Crippen LogP contribution < -0.4 is 0 Å². The van der Waals surface area contributed by atoms with Gasteiger partial charge < -0.3 is 9.84 Å². The Hall–Kier alpha value is -0.830. The number of hydrogen-bond acceptors (Lipinski definition) is 3. The number of carbonyl (C=O) groups is 1. The van der Waals surface area contributed by atoms with Crippen LogP contribution in [0.3, 0.4) is 0 Å². The molecule has 0 spiro atoms. The van der Waals surface area contributed by atoms with Gasteiger partial charge in [-0.25, -0.2) is 0 Å². The smallest absolute Gasteiger partial charge is 0.318 e. The molecule has 0 saturated carbocycles. The van der Waals surface area contributed by atoms with Gasteiger partial charge in [-0.3, -0.25) is 4.79 Å². The second-order valence-electron chi connectivity index (χ2n) is 4.35. The van der Waals surface area contributed by atoms with E-state index < -0.39 is 5.41 Å². The van der Waals surface area contributed by atoms with Crippen molar-refractivity contribution in [2.45, 2.75) is 33.1 Å². The summed E-state index contributed by atoms with van der Waals surface area (Å²) < 4.78 is 5.07. The van der Waals surface area contributed by atoms with E-state index in [0.717, 1.165) is 19.3 Å². The number of cyclic esters (lactones) is 1. The summed E-state index contributed by atoms with van der Waals surface area (Å²) >= 11 is 0. The van der Waals surface area contributed by atoms with Gasteiger partial charge in [-0.1, -0.05) is 31.9 Å². The first-order valence-corrected chi connectivity index (χ1v) is 5.53. The summed E-state index contributed by atoms with van der Waals surface area (Å²) in [4.78, 5) is 11.7. The van der Waals surface area contributed by atoms with Crippen molar-refractivity contribution < 1.29 is 14.6 Å². The Morgan fingerprint density at radius 3 is 2.87 bits per heavy atom. The highest BCUT2D eigenvalue weighted by atomic mass is 16.5. The fourth-order valence-electron chi connectivity index (χ4n) is 2.25. The highest BCUT2D eigenvalue weighted by molar-refractivity contribution is 5.82. The molecule has 1 saturated heterocycles. The zero-order valence-corrected chi connectivity index (χ0v) is 9.58. The van der Waals surface area contributed by atoms with Gasteiger partial charge in [0.1, 0.15) is 5.41 Å². The van der Waals surface area contributed by atoms with Gasteiger partial charge in [-0.15, -0.1) is 0 Å². The largest absolute Gasteiger partial charge is 0.465 e. The summed E-state index contributed by atoms with van der Waals surface area (Å²) in [6.45, 7) is 7.97. The van der Waals surface area contributed by atoms with E-state index in [2.05, 4.69) is 13.5 Å². The van der Waals surface area contributed by atoms with Crippen LogP contribution in [0.15, 0.2) is 12.2 Å². The Morgan fingerprint density at radius 2 is 2.40 bits per heavy atom. The first-order chi connectivity index (χ1) is 7.09. The fraction of sp³-hybridized carbons (Fsp3) is 0.750. The Morgan fingerprint density at radius 1 is 1.73 bits per heavy atom. The van der Waals surface area contributed by atoms with Gasteiger partial charge in [0.25, 0.3) is 0 Å². The Balaban J connectivity index is 2.87. The van der Waals surface area contributed by atoms with Crippen LogP contribution in [0.25, 0.3) is 0 Å². The van der Waals surface area contributed by atoms with E-state index in [-0.39, 0.29) is 18.5 Å². The monoisotopic (exact) mass is 212 g/mol. The van der Waals surface area contributed by atoms with Crippen molar-refractivity contribution >= 4 is 5.97 Å². The first-order valence-electron chi connectivity index (χ1n) is 5.53. The third-order valence-electron chi connectivity index (χ3n) is 3.39. The molecule has 15 heavy (non-hydrogen) atoms. The van der Waals surface area contributed by atoms with E-state index in [4.69, 9.17) is 4.74 Å². The molecule has 0 bridgehead atoms. The molecule has 3 heteroatoms. The van der Waals surface area contributed by atoms with Crippen molar-refractivity contribution in [2.75, 3.05) is 13.2 Å². The van der Waals surface area contributed by atoms with Crippen molar-refractivity contribution in [2.24, 2.45) is 11.3 Å². The molecule has 1 fully saturated rings. The molecule has 0 aromatic rings. The van der Waals surface area contributed by atoms with Crippen LogP contribution in [-0.2, 0) is 9.53 Å². The molecular weight excluding hydrogens is 192 g/mol. The minimum absolute atomic E-state index is 0.0902. The highest BCUT2D eigenvalue weighted by Gasteiger charge is 2.52. The van der Waals surface area contributed by atoms with Gasteiger partial charge in [0.2, 0.25) is 0 Å². The second kappa shape index (κ2) is 4.79.